The summed E-state index contributed by atoms with van der Waals surface area (Å²) in [4.78, 5) is 2.44. The first-order valence-electron chi connectivity index (χ1n) is 5.13. The SMILES string of the molecule is CCN1CCOC(C(C)(C)NC)C1. The molecule has 0 aliphatic carbocycles. The van der Waals surface area contributed by atoms with Crippen molar-refractivity contribution in [3.63, 3.8) is 0 Å². The first-order chi connectivity index (χ1) is 6.10. The summed E-state index contributed by atoms with van der Waals surface area (Å²) >= 11 is 0. The zero-order valence-corrected chi connectivity index (χ0v) is 9.26. The molecule has 0 saturated carbocycles. The molecule has 1 rings (SSSR count). The molecule has 0 bridgehead atoms. The molecule has 13 heavy (non-hydrogen) atoms. The van der Waals surface area contributed by atoms with Crippen LogP contribution in [-0.4, -0.2) is 49.8 Å². The molecule has 3 nitrogen and oxygen atoms in total. The van der Waals surface area contributed by atoms with Gasteiger partial charge in [-0.15, -0.1) is 0 Å². The molecule has 0 aromatic carbocycles. The van der Waals surface area contributed by atoms with E-state index in [1.54, 1.807) is 0 Å². The van der Waals surface area contributed by atoms with Gasteiger partial charge >= 0.3 is 0 Å². The Labute approximate surface area is 81.4 Å². The van der Waals surface area contributed by atoms with Crippen LogP contribution in [0.1, 0.15) is 20.8 Å². The van der Waals surface area contributed by atoms with Crippen molar-refractivity contribution in [3.05, 3.63) is 0 Å². The predicted molar refractivity (Wildman–Crippen MR) is 55.0 cm³/mol. The van der Waals surface area contributed by atoms with Gasteiger partial charge in [0.25, 0.3) is 0 Å². The van der Waals surface area contributed by atoms with Gasteiger partial charge in [-0.2, -0.15) is 0 Å². The van der Waals surface area contributed by atoms with E-state index in [2.05, 4.69) is 31.0 Å². The fraction of sp³-hybridized carbons (Fsp3) is 1.00. The molecular formula is C10H22N2O. The van der Waals surface area contributed by atoms with Crippen LogP contribution in [0.3, 0.4) is 0 Å². The monoisotopic (exact) mass is 186 g/mol. The van der Waals surface area contributed by atoms with E-state index >= 15 is 0 Å². The van der Waals surface area contributed by atoms with E-state index in [1.807, 2.05) is 7.05 Å². The lowest BCUT2D eigenvalue weighted by atomic mass is 9.96. The maximum absolute atomic E-state index is 5.76. The van der Waals surface area contributed by atoms with Gasteiger partial charge in [-0.3, -0.25) is 4.90 Å². The summed E-state index contributed by atoms with van der Waals surface area (Å²) in [5, 5.41) is 3.30. The molecule has 1 heterocycles. The largest absolute Gasteiger partial charge is 0.374 e. The molecular weight excluding hydrogens is 164 g/mol. The van der Waals surface area contributed by atoms with Crippen molar-refractivity contribution < 1.29 is 4.74 Å². The Kier molecular flexibility index (Phi) is 3.71. The molecule has 1 atom stereocenters. The van der Waals surface area contributed by atoms with Crippen molar-refractivity contribution in [2.24, 2.45) is 0 Å². The van der Waals surface area contributed by atoms with Gasteiger partial charge in [0.2, 0.25) is 0 Å². The van der Waals surface area contributed by atoms with Crippen LogP contribution in [0.2, 0.25) is 0 Å². The van der Waals surface area contributed by atoms with Gasteiger partial charge in [0.15, 0.2) is 0 Å². The van der Waals surface area contributed by atoms with Crippen molar-refractivity contribution >= 4 is 0 Å². The highest BCUT2D eigenvalue weighted by Gasteiger charge is 2.32. The van der Waals surface area contributed by atoms with Crippen molar-refractivity contribution in [3.8, 4) is 0 Å². The molecule has 3 heteroatoms. The topological polar surface area (TPSA) is 24.5 Å². The molecule has 0 radical (unpaired) electrons. The Morgan fingerprint density at radius 3 is 2.77 bits per heavy atom. The Hall–Kier alpha value is -0.120. The highest BCUT2D eigenvalue weighted by molar-refractivity contribution is 4.89. The summed E-state index contributed by atoms with van der Waals surface area (Å²) < 4.78 is 5.76. The first-order valence-corrected chi connectivity index (χ1v) is 5.13. The summed E-state index contributed by atoms with van der Waals surface area (Å²) in [5.74, 6) is 0. The molecule has 1 saturated heterocycles. The normalized spacial score (nSPS) is 26.3. The van der Waals surface area contributed by atoms with Crippen molar-refractivity contribution in [1.82, 2.24) is 10.2 Å². The summed E-state index contributed by atoms with van der Waals surface area (Å²) in [5.41, 5.74) is 0.0772. The standard InChI is InChI=1S/C10H22N2O/c1-5-12-6-7-13-9(8-12)10(2,3)11-4/h9,11H,5-8H2,1-4H3. The number of morpholine rings is 1. The molecule has 0 aromatic rings. The number of hydrogen-bond acceptors (Lipinski definition) is 3. The smallest absolute Gasteiger partial charge is 0.0878 e. The van der Waals surface area contributed by atoms with E-state index in [1.165, 1.54) is 0 Å². The van der Waals surface area contributed by atoms with Crippen LogP contribution in [0.4, 0.5) is 0 Å². The van der Waals surface area contributed by atoms with Gasteiger partial charge in [0, 0.05) is 18.6 Å². The number of likely N-dealkylation sites (N-methyl/N-ethyl adjacent to an activating group) is 2. The van der Waals surface area contributed by atoms with Crippen LogP contribution in [-0.2, 0) is 4.74 Å². The average Bonchev–Trinajstić information content (AvgIpc) is 2.18. The highest BCUT2D eigenvalue weighted by Crippen LogP contribution is 2.16. The molecule has 0 spiro atoms. The summed E-state index contributed by atoms with van der Waals surface area (Å²) in [7, 11) is 1.99. The van der Waals surface area contributed by atoms with Crippen LogP contribution in [0.15, 0.2) is 0 Å². The quantitative estimate of drug-likeness (QED) is 0.702. The third kappa shape index (κ3) is 2.66. The maximum atomic E-state index is 5.76. The Bertz CT molecular complexity index is 159. The van der Waals surface area contributed by atoms with Crippen LogP contribution in [0.5, 0.6) is 0 Å². The second-order valence-corrected chi connectivity index (χ2v) is 4.22. The number of nitrogens with zero attached hydrogens (tertiary/aromatic N) is 1. The third-order valence-corrected chi connectivity index (χ3v) is 3.05. The number of rotatable bonds is 3. The zero-order chi connectivity index (χ0) is 9.90. The van der Waals surface area contributed by atoms with Gasteiger partial charge in [0.05, 0.1) is 12.7 Å². The first kappa shape index (κ1) is 11.0. The summed E-state index contributed by atoms with van der Waals surface area (Å²) in [6, 6.07) is 0. The van der Waals surface area contributed by atoms with Gasteiger partial charge in [0.1, 0.15) is 0 Å². The van der Waals surface area contributed by atoms with Gasteiger partial charge in [-0.05, 0) is 27.4 Å². The Balaban J connectivity index is 2.50. The van der Waals surface area contributed by atoms with E-state index in [-0.39, 0.29) is 5.54 Å². The van der Waals surface area contributed by atoms with E-state index < -0.39 is 0 Å². The minimum absolute atomic E-state index is 0.0772. The lowest BCUT2D eigenvalue weighted by molar-refractivity contribution is -0.0645. The fourth-order valence-electron chi connectivity index (χ4n) is 1.59. The van der Waals surface area contributed by atoms with Crippen LogP contribution >= 0.6 is 0 Å². The highest BCUT2D eigenvalue weighted by atomic mass is 16.5. The van der Waals surface area contributed by atoms with Gasteiger partial charge < -0.3 is 10.1 Å². The van der Waals surface area contributed by atoms with E-state index in [0.717, 1.165) is 26.2 Å². The molecule has 1 aliphatic rings. The summed E-state index contributed by atoms with van der Waals surface area (Å²) in [6.07, 6.45) is 0.311. The molecule has 78 valence electrons. The van der Waals surface area contributed by atoms with Gasteiger partial charge in [-0.1, -0.05) is 6.92 Å². The maximum Gasteiger partial charge on any atom is 0.0878 e. The van der Waals surface area contributed by atoms with Crippen molar-refractivity contribution in [1.29, 1.82) is 0 Å². The predicted octanol–water partition coefficient (Wildman–Crippen LogP) is 0.705. The Morgan fingerprint density at radius 2 is 2.23 bits per heavy atom. The van der Waals surface area contributed by atoms with Crippen molar-refractivity contribution in [2.75, 3.05) is 33.3 Å². The lowest BCUT2D eigenvalue weighted by Crippen LogP contribution is -2.57. The Morgan fingerprint density at radius 1 is 1.54 bits per heavy atom. The third-order valence-electron chi connectivity index (χ3n) is 3.05. The number of nitrogens with one attached hydrogen (secondary N) is 1. The van der Waals surface area contributed by atoms with E-state index in [4.69, 9.17) is 4.74 Å². The van der Waals surface area contributed by atoms with E-state index in [0.29, 0.717) is 6.10 Å². The fourth-order valence-corrected chi connectivity index (χ4v) is 1.59. The molecule has 0 amide bonds. The van der Waals surface area contributed by atoms with Crippen LogP contribution < -0.4 is 5.32 Å². The molecule has 1 fully saturated rings. The molecule has 1 aliphatic heterocycles. The van der Waals surface area contributed by atoms with Crippen LogP contribution in [0, 0.1) is 0 Å². The minimum Gasteiger partial charge on any atom is -0.374 e. The number of hydrogen-bond donors (Lipinski definition) is 1. The molecule has 1 unspecified atom stereocenters. The van der Waals surface area contributed by atoms with Crippen molar-refractivity contribution in [2.45, 2.75) is 32.4 Å². The van der Waals surface area contributed by atoms with Crippen LogP contribution in [0.25, 0.3) is 0 Å². The summed E-state index contributed by atoms with van der Waals surface area (Å²) in [6.45, 7) is 10.7. The van der Waals surface area contributed by atoms with E-state index in [9.17, 15) is 0 Å². The number of ether oxygens (including phenoxy) is 1. The average molecular weight is 186 g/mol. The van der Waals surface area contributed by atoms with Gasteiger partial charge in [-0.25, -0.2) is 0 Å². The minimum atomic E-state index is 0.0772. The molecule has 1 N–H and O–H groups in total. The second-order valence-electron chi connectivity index (χ2n) is 4.22. The molecule has 0 aromatic heterocycles. The lowest BCUT2D eigenvalue weighted by Gasteiger charge is -2.40. The zero-order valence-electron chi connectivity index (χ0n) is 9.26. The second kappa shape index (κ2) is 4.40.